The minimum Gasteiger partial charge on any atom is -0.436 e. The summed E-state index contributed by atoms with van der Waals surface area (Å²) < 4.78 is 19.7. The maximum absolute atomic E-state index is 13.8. The van der Waals surface area contributed by atoms with Gasteiger partial charge in [-0.15, -0.1) is 0 Å². The predicted octanol–water partition coefficient (Wildman–Crippen LogP) is 4.57. The number of anilines is 2. The van der Waals surface area contributed by atoms with Crippen LogP contribution in [0.25, 0.3) is 0 Å². The SMILES string of the molecule is Cc1ccc(NC(=O)[C@@H]2CCCN(c3nccnc3Oc3ccccc3)C2)cc1F. The molecule has 1 atom stereocenters. The fourth-order valence-corrected chi connectivity index (χ4v) is 3.51. The van der Waals surface area contributed by atoms with Gasteiger partial charge in [0.25, 0.3) is 5.88 Å². The van der Waals surface area contributed by atoms with Crippen LogP contribution in [0.15, 0.2) is 60.9 Å². The van der Waals surface area contributed by atoms with Crippen LogP contribution in [0.4, 0.5) is 15.9 Å². The van der Waals surface area contributed by atoms with Crippen molar-refractivity contribution >= 4 is 17.4 Å². The van der Waals surface area contributed by atoms with Crippen molar-refractivity contribution in [3.05, 3.63) is 72.3 Å². The lowest BCUT2D eigenvalue weighted by atomic mass is 9.97. The highest BCUT2D eigenvalue weighted by atomic mass is 19.1. The largest absolute Gasteiger partial charge is 0.436 e. The number of benzene rings is 2. The lowest BCUT2D eigenvalue weighted by Crippen LogP contribution is -2.41. The Morgan fingerprint density at radius 1 is 1.17 bits per heavy atom. The fraction of sp³-hybridized carbons (Fsp3) is 0.261. The molecule has 0 bridgehead atoms. The number of aryl methyl sites for hydroxylation is 1. The first-order valence-electron chi connectivity index (χ1n) is 9.96. The highest BCUT2D eigenvalue weighted by Crippen LogP contribution is 2.31. The molecule has 1 N–H and O–H groups in total. The molecule has 2 aromatic carbocycles. The third-order valence-electron chi connectivity index (χ3n) is 5.14. The second-order valence-corrected chi connectivity index (χ2v) is 7.34. The van der Waals surface area contributed by atoms with Gasteiger partial charge < -0.3 is 15.0 Å². The Labute approximate surface area is 174 Å². The molecule has 0 aliphatic carbocycles. The molecule has 0 spiro atoms. The molecule has 0 radical (unpaired) electrons. The van der Waals surface area contributed by atoms with Crippen LogP contribution in [0.1, 0.15) is 18.4 Å². The highest BCUT2D eigenvalue weighted by Gasteiger charge is 2.28. The van der Waals surface area contributed by atoms with Crippen LogP contribution in [0.5, 0.6) is 11.6 Å². The second-order valence-electron chi connectivity index (χ2n) is 7.34. The number of carbonyl (C=O) groups excluding carboxylic acids is 1. The van der Waals surface area contributed by atoms with Crippen LogP contribution in [0.3, 0.4) is 0 Å². The topological polar surface area (TPSA) is 67.4 Å². The van der Waals surface area contributed by atoms with Crippen LogP contribution in [-0.2, 0) is 4.79 Å². The molecule has 6 nitrogen and oxygen atoms in total. The van der Waals surface area contributed by atoms with E-state index in [9.17, 15) is 9.18 Å². The number of halogens is 1. The molecule has 154 valence electrons. The first-order chi connectivity index (χ1) is 14.6. The molecule has 7 heteroatoms. The Hall–Kier alpha value is -3.48. The minimum absolute atomic E-state index is 0.127. The van der Waals surface area contributed by atoms with Crippen molar-refractivity contribution in [1.82, 2.24) is 9.97 Å². The average molecular weight is 406 g/mol. The third-order valence-corrected chi connectivity index (χ3v) is 5.14. The molecule has 2 heterocycles. The van der Waals surface area contributed by atoms with Gasteiger partial charge in [0.1, 0.15) is 11.6 Å². The standard InChI is InChI=1S/C23H23FN4O2/c1-16-9-10-18(14-20(16)24)27-22(29)17-6-5-13-28(15-17)21-23(26-12-11-25-21)30-19-7-3-2-4-8-19/h2-4,7-12,14,17H,5-6,13,15H2,1H3,(H,27,29)/t17-/m1/s1. The predicted molar refractivity (Wildman–Crippen MR) is 113 cm³/mol. The molecular weight excluding hydrogens is 383 g/mol. The van der Waals surface area contributed by atoms with E-state index in [1.165, 1.54) is 6.07 Å². The third kappa shape index (κ3) is 4.56. The molecule has 1 aromatic heterocycles. The molecule has 1 fully saturated rings. The zero-order valence-electron chi connectivity index (χ0n) is 16.7. The van der Waals surface area contributed by atoms with E-state index >= 15 is 0 Å². The Bertz CT molecular complexity index is 1030. The van der Waals surface area contributed by atoms with Crippen molar-refractivity contribution in [2.45, 2.75) is 19.8 Å². The fourth-order valence-electron chi connectivity index (χ4n) is 3.51. The molecule has 3 aromatic rings. The number of para-hydroxylation sites is 1. The van der Waals surface area contributed by atoms with Gasteiger partial charge >= 0.3 is 0 Å². The number of hydrogen-bond acceptors (Lipinski definition) is 5. The molecule has 1 amide bonds. The van der Waals surface area contributed by atoms with E-state index in [4.69, 9.17) is 4.74 Å². The van der Waals surface area contributed by atoms with E-state index in [0.717, 1.165) is 19.4 Å². The number of amides is 1. The Morgan fingerprint density at radius 3 is 2.77 bits per heavy atom. The first kappa shape index (κ1) is 19.8. The number of piperidine rings is 1. The number of ether oxygens (including phenoxy) is 1. The maximum Gasteiger partial charge on any atom is 0.263 e. The molecule has 1 aliphatic heterocycles. The van der Waals surface area contributed by atoms with Gasteiger partial charge in [0.15, 0.2) is 5.82 Å². The first-order valence-corrected chi connectivity index (χ1v) is 9.96. The molecule has 4 rings (SSSR count). The Balaban J connectivity index is 1.47. The molecule has 1 aliphatic rings. The molecule has 0 unspecified atom stereocenters. The average Bonchev–Trinajstić information content (AvgIpc) is 2.77. The summed E-state index contributed by atoms with van der Waals surface area (Å²) in [7, 11) is 0. The number of nitrogens with zero attached hydrogens (tertiary/aromatic N) is 3. The molecule has 0 saturated carbocycles. The van der Waals surface area contributed by atoms with Crippen molar-refractivity contribution in [1.29, 1.82) is 0 Å². The zero-order chi connectivity index (χ0) is 20.9. The summed E-state index contributed by atoms with van der Waals surface area (Å²) in [5, 5.41) is 2.83. The van der Waals surface area contributed by atoms with E-state index in [1.807, 2.05) is 35.2 Å². The number of aromatic nitrogens is 2. The van der Waals surface area contributed by atoms with Crippen molar-refractivity contribution in [2.24, 2.45) is 5.92 Å². The van der Waals surface area contributed by atoms with Gasteiger partial charge in [0.2, 0.25) is 5.91 Å². The van der Waals surface area contributed by atoms with E-state index in [0.29, 0.717) is 35.2 Å². The van der Waals surface area contributed by atoms with Gasteiger partial charge in [-0.25, -0.2) is 14.4 Å². The van der Waals surface area contributed by atoms with Crippen molar-refractivity contribution in [3.63, 3.8) is 0 Å². The number of carbonyl (C=O) groups is 1. The monoisotopic (exact) mass is 406 g/mol. The summed E-state index contributed by atoms with van der Waals surface area (Å²) in [6.45, 7) is 2.94. The van der Waals surface area contributed by atoms with Crippen LogP contribution < -0.4 is 15.0 Å². The molecule has 30 heavy (non-hydrogen) atoms. The number of nitrogens with one attached hydrogen (secondary N) is 1. The van der Waals surface area contributed by atoms with Crippen molar-refractivity contribution in [2.75, 3.05) is 23.3 Å². The number of hydrogen-bond donors (Lipinski definition) is 1. The van der Waals surface area contributed by atoms with Gasteiger partial charge in [-0.1, -0.05) is 24.3 Å². The van der Waals surface area contributed by atoms with Crippen LogP contribution >= 0.6 is 0 Å². The summed E-state index contributed by atoms with van der Waals surface area (Å²) in [6.07, 6.45) is 4.79. The Kier molecular flexibility index (Phi) is 5.88. The summed E-state index contributed by atoms with van der Waals surface area (Å²) in [4.78, 5) is 23.6. The van der Waals surface area contributed by atoms with Crippen LogP contribution in [0.2, 0.25) is 0 Å². The maximum atomic E-state index is 13.8. The van der Waals surface area contributed by atoms with E-state index in [2.05, 4.69) is 15.3 Å². The van der Waals surface area contributed by atoms with Gasteiger partial charge in [0.05, 0.1) is 5.92 Å². The highest BCUT2D eigenvalue weighted by molar-refractivity contribution is 5.93. The van der Waals surface area contributed by atoms with Crippen molar-refractivity contribution < 1.29 is 13.9 Å². The summed E-state index contributed by atoms with van der Waals surface area (Å²) in [6, 6.07) is 14.1. The smallest absolute Gasteiger partial charge is 0.263 e. The summed E-state index contributed by atoms with van der Waals surface area (Å²) >= 11 is 0. The van der Waals surface area contributed by atoms with E-state index in [-0.39, 0.29) is 17.6 Å². The molecular formula is C23H23FN4O2. The van der Waals surface area contributed by atoms with Gasteiger partial charge in [-0.2, -0.15) is 0 Å². The van der Waals surface area contributed by atoms with E-state index < -0.39 is 0 Å². The molecule has 1 saturated heterocycles. The normalized spacial score (nSPS) is 16.2. The van der Waals surface area contributed by atoms with E-state index in [1.54, 1.807) is 31.5 Å². The van der Waals surface area contributed by atoms with Gasteiger partial charge in [0, 0.05) is 31.2 Å². The minimum atomic E-state index is -0.333. The van der Waals surface area contributed by atoms with Gasteiger partial charge in [-0.3, -0.25) is 4.79 Å². The lowest BCUT2D eigenvalue weighted by Gasteiger charge is -2.33. The van der Waals surface area contributed by atoms with Crippen molar-refractivity contribution in [3.8, 4) is 11.6 Å². The zero-order valence-corrected chi connectivity index (χ0v) is 16.7. The lowest BCUT2D eigenvalue weighted by molar-refractivity contribution is -0.120. The second kappa shape index (κ2) is 8.90. The quantitative estimate of drug-likeness (QED) is 0.672. The van der Waals surface area contributed by atoms with Crippen LogP contribution in [-0.4, -0.2) is 29.0 Å². The summed E-state index contributed by atoms with van der Waals surface area (Å²) in [5.74, 6) is 0.991. The van der Waals surface area contributed by atoms with Crippen LogP contribution in [0, 0.1) is 18.7 Å². The Morgan fingerprint density at radius 2 is 1.97 bits per heavy atom. The number of rotatable bonds is 5. The summed E-state index contributed by atoms with van der Waals surface area (Å²) in [5.41, 5.74) is 1.01. The van der Waals surface area contributed by atoms with Gasteiger partial charge in [-0.05, 0) is 49.6 Å².